The number of carbonyl (C=O) groups excluding carboxylic acids is 1. The number of hydrogen-bond donors (Lipinski definition) is 0. The van der Waals surface area contributed by atoms with Gasteiger partial charge in [-0.3, -0.25) is 4.79 Å². The monoisotopic (exact) mass is 263 g/mol. The number of sulfonamides is 1. The molecule has 100 valence electrons. The quantitative estimate of drug-likeness (QED) is 0.697. The molecule has 0 aliphatic carbocycles. The van der Waals surface area contributed by atoms with Crippen LogP contribution in [0.15, 0.2) is 0 Å². The Hall–Kier alpha value is -0.620. The fourth-order valence-corrected chi connectivity index (χ4v) is 2.73. The van der Waals surface area contributed by atoms with Crippen LogP contribution in [0.1, 0.15) is 33.6 Å². The lowest BCUT2D eigenvalue weighted by Crippen LogP contribution is -2.43. The van der Waals surface area contributed by atoms with Gasteiger partial charge in [0.05, 0.1) is 12.2 Å². The molecule has 6 heteroatoms. The summed E-state index contributed by atoms with van der Waals surface area (Å²) in [4.78, 5) is 11.8. The molecule has 1 saturated heterocycles. The van der Waals surface area contributed by atoms with Gasteiger partial charge in [0, 0.05) is 13.1 Å². The third-order valence-electron chi connectivity index (χ3n) is 2.59. The van der Waals surface area contributed by atoms with Crippen LogP contribution >= 0.6 is 0 Å². The summed E-state index contributed by atoms with van der Waals surface area (Å²) in [5.41, 5.74) is -0.523. The number of esters is 1. The van der Waals surface area contributed by atoms with Gasteiger partial charge < -0.3 is 4.74 Å². The smallest absolute Gasteiger partial charge is 0.310 e. The lowest BCUT2D eigenvalue weighted by atomic mass is 9.99. The van der Waals surface area contributed by atoms with Crippen LogP contribution in [0.25, 0.3) is 0 Å². The van der Waals surface area contributed by atoms with E-state index in [4.69, 9.17) is 4.74 Å². The molecule has 0 bridgehead atoms. The zero-order valence-electron chi connectivity index (χ0n) is 10.9. The lowest BCUT2D eigenvalue weighted by Gasteiger charge is -2.31. The highest BCUT2D eigenvalue weighted by atomic mass is 32.2. The Labute approximate surface area is 103 Å². The third-order valence-corrected chi connectivity index (χ3v) is 3.86. The first-order chi connectivity index (χ1) is 7.59. The van der Waals surface area contributed by atoms with Crippen molar-refractivity contribution < 1.29 is 17.9 Å². The largest absolute Gasteiger partial charge is 0.460 e. The number of carbonyl (C=O) groups is 1. The second kappa shape index (κ2) is 4.94. The second-order valence-electron chi connectivity index (χ2n) is 5.49. The van der Waals surface area contributed by atoms with Gasteiger partial charge in [0.2, 0.25) is 10.0 Å². The number of piperidine rings is 1. The van der Waals surface area contributed by atoms with Crippen molar-refractivity contribution in [1.82, 2.24) is 4.31 Å². The van der Waals surface area contributed by atoms with Crippen LogP contribution in [0.2, 0.25) is 0 Å². The number of hydrogen-bond acceptors (Lipinski definition) is 4. The molecule has 0 spiro atoms. The first-order valence-electron chi connectivity index (χ1n) is 5.77. The predicted octanol–water partition coefficient (Wildman–Crippen LogP) is 1.000. The van der Waals surface area contributed by atoms with Crippen molar-refractivity contribution in [3.05, 3.63) is 0 Å². The van der Waals surface area contributed by atoms with E-state index in [0.717, 1.165) is 0 Å². The molecule has 1 aliphatic heterocycles. The van der Waals surface area contributed by atoms with Crippen molar-refractivity contribution in [2.45, 2.75) is 39.2 Å². The van der Waals surface area contributed by atoms with Crippen LogP contribution in [0.5, 0.6) is 0 Å². The summed E-state index contributed by atoms with van der Waals surface area (Å²) in [5, 5.41) is 0. The number of nitrogens with zero attached hydrogens (tertiary/aromatic N) is 1. The normalized spacial score (nSPS) is 23.4. The standard InChI is InChI=1S/C11H21NO4S/c1-11(2,3)16-10(13)9-6-5-7-12(8-9)17(4,14)15/h9H,5-8H2,1-4H3. The van der Waals surface area contributed by atoms with Crippen LogP contribution in [0.4, 0.5) is 0 Å². The summed E-state index contributed by atoms with van der Waals surface area (Å²) in [6.45, 7) is 6.16. The zero-order chi connectivity index (χ0) is 13.3. The van der Waals surface area contributed by atoms with Gasteiger partial charge in [-0.15, -0.1) is 0 Å². The van der Waals surface area contributed by atoms with Gasteiger partial charge in [0.25, 0.3) is 0 Å². The Morgan fingerprint density at radius 3 is 2.41 bits per heavy atom. The van der Waals surface area contributed by atoms with Crippen LogP contribution in [-0.4, -0.2) is 43.6 Å². The number of ether oxygens (including phenoxy) is 1. The fourth-order valence-electron chi connectivity index (χ4n) is 1.82. The highest BCUT2D eigenvalue weighted by molar-refractivity contribution is 7.88. The first kappa shape index (κ1) is 14.4. The molecular formula is C11H21NO4S. The SMILES string of the molecule is CC(C)(C)OC(=O)C1CCCN(S(C)(=O)=O)C1. The summed E-state index contributed by atoms with van der Waals surface area (Å²) in [6, 6.07) is 0. The summed E-state index contributed by atoms with van der Waals surface area (Å²) < 4.78 is 29.5. The van der Waals surface area contributed by atoms with Crippen molar-refractivity contribution >= 4 is 16.0 Å². The molecule has 0 amide bonds. The molecule has 1 rings (SSSR count). The number of rotatable bonds is 2. The maximum absolute atomic E-state index is 11.8. The zero-order valence-corrected chi connectivity index (χ0v) is 11.7. The lowest BCUT2D eigenvalue weighted by molar-refractivity contribution is -0.161. The average molecular weight is 263 g/mol. The molecule has 0 aromatic heterocycles. The van der Waals surface area contributed by atoms with Gasteiger partial charge in [-0.05, 0) is 33.6 Å². The minimum atomic E-state index is -3.21. The Balaban J connectivity index is 2.64. The van der Waals surface area contributed by atoms with E-state index in [2.05, 4.69) is 0 Å². The van der Waals surface area contributed by atoms with Crippen LogP contribution in [0.3, 0.4) is 0 Å². The van der Waals surface area contributed by atoms with Crippen molar-refractivity contribution in [2.75, 3.05) is 19.3 Å². The third kappa shape index (κ3) is 4.63. The van der Waals surface area contributed by atoms with Crippen LogP contribution in [0, 0.1) is 5.92 Å². The molecule has 0 saturated carbocycles. The molecule has 1 atom stereocenters. The van der Waals surface area contributed by atoms with Crippen LogP contribution in [-0.2, 0) is 19.6 Å². The van der Waals surface area contributed by atoms with Gasteiger partial charge in [0.1, 0.15) is 5.60 Å². The van der Waals surface area contributed by atoms with Gasteiger partial charge in [-0.2, -0.15) is 0 Å². The van der Waals surface area contributed by atoms with Crippen LogP contribution < -0.4 is 0 Å². The second-order valence-corrected chi connectivity index (χ2v) is 7.48. The average Bonchev–Trinajstić information content (AvgIpc) is 2.14. The first-order valence-corrected chi connectivity index (χ1v) is 7.62. The van der Waals surface area contributed by atoms with Crippen molar-refractivity contribution in [1.29, 1.82) is 0 Å². The molecule has 0 aromatic carbocycles. The van der Waals surface area contributed by atoms with E-state index in [0.29, 0.717) is 19.4 Å². The maximum Gasteiger partial charge on any atom is 0.310 e. The van der Waals surface area contributed by atoms with E-state index in [-0.39, 0.29) is 18.4 Å². The Morgan fingerprint density at radius 2 is 1.94 bits per heavy atom. The maximum atomic E-state index is 11.8. The van der Waals surface area contributed by atoms with E-state index >= 15 is 0 Å². The van der Waals surface area contributed by atoms with Gasteiger partial charge in [0.15, 0.2) is 0 Å². The molecule has 1 heterocycles. The van der Waals surface area contributed by atoms with Gasteiger partial charge in [-0.1, -0.05) is 0 Å². The van der Waals surface area contributed by atoms with Gasteiger partial charge in [-0.25, -0.2) is 12.7 Å². The van der Waals surface area contributed by atoms with E-state index in [9.17, 15) is 13.2 Å². The minimum absolute atomic E-state index is 0.244. The summed E-state index contributed by atoms with van der Waals surface area (Å²) >= 11 is 0. The molecule has 1 unspecified atom stereocenters. The van der Waals surface area contributed by atoms with Crippen molar-refractivity contribution in [2.24, 2.45) is 5.92 Å². The van der Waals surface area contributed by atoms with Crippen molar-refractivity contribution in [3.63, 3.8) is 0 Å². The van der Waals surface area contributed by atoms with E-state index in [1.165, 1.54) is 10.6 Å². The Morgan fingerprint density at radius 1 is 1.35 bits per heavy atom. The van der Waals surface area contributed by atoms with E-state index in [1.54, 1.807) is 0 Å². The topological polar surface area (TPSA) is 63.7 Å². The minimum Gasteiger partial charge on any atom is -0.460 e. The molecule has 5 nitrogen and oxygen atoms in total. The predicted molar refractivity (Wildman–Crippen MR) is 65.0 cm³/mol. The fraction of sp³-hybridized carbons (Fsp3) is 0.909. The van der Waals surface area contributed by atoms with E-state index < -0.39 is 15.6 Å². The molecule has 1 fully saturated rings. The molecule has 0 N–H and O–H groups in total. The van der Waals surface area contributed by atoms with Crippen molar-refractivity contribution in [3.8, 4) is 0 Å². The highest BCUT2D eigenvalue weighted by Crippen LogP contribution is 2.22. The van der Waals surface area contributed by atoms with E-state index in [1.807, 2.05) is 20.8 Å². The Kier molecular flexibility index (Phi) is 4.19. The molecule has 0 radical (unpaired) electrons. The molecular weight excluding hydrogens is 242 g/mol. The Bertz CT molecular complexity index is 383. The molecule has 17 heavy (non-hydrogen) atoms. The summed E-state index contributed by atoms with van der Waals surface area (Å²) in [6.07, 6.45) is 2.57. The molecule has 1 aliphatic rings. The van der Waals surface area contributed by atoms with Gasteiger partial charge >= 0.3 is 5.97 Å². The molecule has 0 aromatic rings. The summed E-state index contributed by atoms with van der Waals surface area (Å²) in [5.74, 6) is -0.636. The highest BCUT2D eigenvalue weighted by Gasteiger charge is 2.32. The summed E-state index contributed by atoms with van der Waals surface area (Å²) in [7, 11) is -3.21.